The SMILES string of the molecule is COc1ccc(S(=O)(=O)OC(=O)N2CC(C#N)N(C3CCN(C)CC3)C(c3cccnc3OC)C2C2C(=O)Nc3ccccc32)c(OC)c1. The fourth-order valence-corrected chi connectivity index (χ4v) is 8.26. The van der Waals surface area contributed by atoms with E-state index in [2.05, 4.69) is 26.2 Å². The zero-order valence-electron chi connectivity index (χ0n) is 27.6. The number of likely N-dealkylation sites (tertiary alicyclic amines) is 1. The van der Waals surface area contributed by atoms with Crippen LogP contribution in [-0.4, -0.2) is 106 Å². The van der Waals surface area contributed by atoms with Crippen molar-refractivity contribution in [1.29, 1.82) is 5.26 Å². The molecular weight excluding hydrogens is 652 g/mol. The van der Waals surface area contributed by atoms with Gasteiger partial charge in [-0.25, -0.2) is 9.78 Å². The summed E-state index contributed by atoms with van der Waals surface area (Å²) in [6, 6.07) is 14.2. The second-order valence-electron chi connectivity index (χ2n) is 12.2. The van der Waals surface area contributed by atoms with Gasteiger partial charge in [0.15, 0.2) is 0 Å². The lowest BCUT2D eigenvalue weighted by atomic mass is 9.79. The molecule has 0 aliphatic carbocycles. The quantitative estimate of drug-likeness (QED) is 0.344. The minimum absolute atomic E-state index is 0.0900. The smallest absolute Gasteiger partial charge is 0.426 e. The molecule has 3 aliphatic heterocycles. The predicted octanol–water partition coefficient (Wildman–Crippen LogP) is 3.38. The van der Waals surface area contributed by atoms with Crippen LogP contribution in [0, 0.1) is 11.3 Å². The minimum Gasteiger partial charge on any atom is -0.497 e. The number of ether oxygens (including phenoxy) is 3. The number of piperazine rings is 1. The molecular formula is C34H38N6O8S. The Kier molecular flexibility index (Phi) is 9.64. The molecule has 4 heterocycles. The van der Waals surface area contributed by atoms with E-state index in [9.17, 15) is 23.3 Å². The van der Waals surface area contributed by atoms with Crippen LogP contribution in [0.15, 0.2) is 65.7 Å². The number of anilines is 1. The average molecular weight is 691 g/mol. The summed E-state index contributed by atoms with van der Waals surface area (Å²) in [7, 11) is 1.45. The van der Waals surface area contributed by atoms with E-state index in [1.165, 1.54) is 44.4 Å². The number of nitrogens with zero attached hydrogens (tertiary/aromatic N) is 5. The van der Waals surface area contributed by atoms with Crippen LogP contribution >= 0.6 is 0 Å². The predicted molar refractivity (Wildman–Crippen MR) is 177 cm³/mol. The number of para-hydroxylation sites is 1. The molecule has 2 saturated heterocycles. The van der Waals surface area contributed by atoms with Crippen molar-refractivity contribution in [3.63, 3.8) is 0 Å². The van der Waals surface area contributed by atoms with Crippen molar-refractivity contribution in [3.05, 3.63) is 71.9 Å². The number of methoxy groups -OCH3 is 3. The number of hydrogen-bond donors (Lipinski definition) is 1. The van der Waals surface area contributed by atoms with Gasteiger partial charge in [0.05, 0.1) is 51.9 Å². The normalized spacial score (nSPS) is 23.2. The summed E-state index contributed by atoms with van der Waals surface area (Å²) in [6.07, 6.45) is 1.78. The average Bonchev–Trinajstić information content (AvgIpc) is 3.45. The highest BCUT2D eigenvalue weighted by Gasteiger charge is 2.55. The van der Waals surface area contributed by atoms with Gasteiger partial charge in [-0.1, -0.05) is 24.3 Å². The highest BCUT2D eigenvalue weighted by atomic mass is 32.2. The second kappa shape index (κ2) is 13.9. The highest BCUT2D eigenvalue weighted by Crippen LogP contribution is 2.49. The van der Waals surface area contributed by atoms with Crippen LogP contribution < -0.4 is 19.5 Å². The molecule has 2 fully saturated rings. The summed E-state index contributed by atoms with van der Waals surface area (Å²) in [6.45, 7) is 1.33. The van der Waals surface area contributed by atoms with Gasteiger partial charge in [-0.05, 0) is 62.8 Å². The molecule has 4 unspecified atom stereocenters. The van der Waals surface area contributed by atoms with Gasteiger partial charge in [-0.3, -0.25) is 14.6 Å². The van der Waals surface area contributed by atoms with Crippen molar-refractivity contribution in [2.24, 2.45) is 0 Å². The van der Waals surface area contributed by atoms with Crippen molar-refractivity contribution in [2.45, 2.75) is 47.8 Å². The van der Waals surface area contributed by atoms with Gasteiger partial charge in [0.25, 0.3) is 0 Å². The van der Waals surface area contributed by atoms with Crippen molar-refractivity contribution >= 4 is 27.8 Å². The van der Waals surface area contributed by atoms with E-state index in [0.717, 1.165) is 25.9 Å². The standard InChI is InChI=1S/C34H38N6O8S/c1-38-16-13-21(14-17-38)40-22(19-35)20-39(34(42)48-49(43,44)28-12-11-23(45-2)18-27(28)46-3)31(30(40)25-9-7-15-36-33(25)47-4)29-24-8-5-6-10-26(24)37-32(29)41/h5-12,15,18,21-22,29-31H,13-14,16-17,20H2,1-4H3,(H,37,41). The molecule has 0 radical (unpaired) electrons. The third kappa shape index (κ3) is 6.34. The molecule has 2 amide bonds. The van der Waals surface area contributed by atoms with E-state index < -0.39 is 45.2 Å². The molecule has 258 valence electrons. The molecule has 1 aromatic heterocycles. The van der Waals surface area contributed by atoms with Crippen LogP contribution in [0.3, 0.4) is 0 Å². The first-order valence-corrected chi connectivity index (χ1v) is 17.2. The monoisotopic (exact) mass is 690 g/mol. The van der Waals surface area contributed by atoms with Gasteiger partial charge >= 0.3 is 16.2 Å². The van der Waals surface area contributed by atoms with Gasteiger partial charge in [0, 0.05) is 29.6 Å². The zero-order chi connectivity index (χ0) is 34.9. The number of benzene rings is 2. The number of aromatic nitrogens is 1. The lowest BCUT2D eigenvalue weighted by Gasteiger charge is -2.54. The molecule has 0 saturated carbocycles. The fourth-order valence-electron chi connectivity index (χ4n) is 7.27. The third-order valence-electron chi connectivity index (χ3n) is 9.54. The van der Waals surface area contributed by atoms with Crippen LogP contribution in [0.25, 0.3) is 0 Å². The maximum absolute atomic E-state index is 14.4. The number of amides is 2. The van der Waals surface area contributed by atoms with Gasteiger partial charge in [0.2, 0.25) is 11.8 Å². The van der Waals surface area contributed by atoms with Gasteiger partial charge in [-0.2, -0.15) is 13.7 Å². The summed E-state index contributed by atoms with van der Waals surface area (Å²) in [5.74, 6) is -0.846. The molecule has 2 aromatic carbocycles. The van der Waals surface area contributed by atoms with Crippen molar-refractivity contribution < 1.29 is 36.4 Å². The number of piperidine rings is 1. The number of nitriles is 1. The van der Waals surface area contributed by atoms with E-state index >= 15 is 0 Å². The summed E-state index contributed by atoms with van der Waals surface area (Å²) < 4.78 is 49.0. The summed E-state index contributed by atoms with van der Waals surface area (Å²) in [4.78, 5) is 37.9. The Hall–Kier alpha value is -4.91. The summed E-state index contributed by atoms with van der Waals surface area (Å²) in [5, 5.41) is 13.6. The maximum atomic E-state index is 14.4. The number of carbonyl (C=O) groups is 2. The fraction of sp³-hybridized carbons (Fsp3) is 0.412. The number of hydrogen-bond acceptors (Lipinski definition) is 12. The lowest BCUT2D eigenvalue weighted by molar-refractivity contribution is -0.121. The Bertz CT molecular complexity index is 1880. The van der Waals surface area contributed by atoms with E-state index in [0.29, 0.717) is 22.6 Å². The Morgan fingerprint density at radius 1 is 1.00 bits per heavy atom. The van der Waals surface area contributed by atoms with Gasteiger partial charge in [-0.15, -0.1) is 0 Å². The van der Waals surface area contributed by atoms with E-state index in [-0.39, 0.29) is 30.1 Å². The molecule has 0 bridgehead atoms. The van der Waals surface area contributed by atoms with Crippen molar-refractivity contribution in [1.82, 2.24) is 19.7 Å². The topological polar surface area (TPSA) is 164 Å². The molecule has 3 aliphatic rings. The molecule has 4 atom stereocenters. The van der Waals surface area contributed by atoms with E-state index in [1.807, 2.05) is 7.05 Å². The summed E-state index contributed by atoms with van der Waals surface area (Å²) >= 11 is 0. The second-order valence-corrected chi connectivity index (χ2v) is 13.7. The van der Waals surface area contributed by atoms with Crippen molar-refractivity contribution in [2.75, 3.05) is 53.3 Å². The van der Waals surface area contributed by atoms with E-state index in [4.69, 9.17) is 18.4 Å². The highest BCUT2D eigenvalue weighted by molar-refractivity contribution is 7.87. The largest absolute Gasteiger partial charge is 0.497 e. The number of pyridine rings is 1. The Morgan fingerprint density at radius 2 is 1.73 bits per heavy atom. The maximum Gasteiger partial charge on any atom is 0.426 e. The zero-order valence-corrected chi connectivity index (χ0v) is 28.4. The van der Waals surface area contributed by atoms with Crippen LogP contribution in [0.2, 0.25) is 0 Å². The van der Waals surface area contributed by atoms with Crippen LogP contribution in [0.5, 0.6) is 17.4 Å². The molecule has 3 aromatic rings. The minimum atomic E-state index is -4.77. The first kappa shape index (κ1) is 34.0. The number of fused-ring (bicyclic) bond motifs is 1. The van der Waals surface area contributed by atoms with Crippen LogP contribution in [0.1, 0.15) is 35.9 Å². The van der Waals surface area contributed by atoms with Crippen molar-refractivity contribution in [3.8, 4) is 23.4 Å². The molecule has 6 rings (SSSR count). The van der Waals surface area contributed by atoms with Crippen LogP contribution in [0.4, 0.5) is 10.5 Å². The number of carbonyl (C=O) groups excluding carboxylic acids is 2. The van der Waals surface area contributed by atoms with Gasteiger partial charge in [0.1, 0.15) is 22.4 Å². The van der Waals surface area contributed by atoms with Crippen LogP contribution in [-0.2, 0) is 19.1 Å². The molecule has 1 N–H and O–H groups in total. The molecule has 49 heavy (non-hydrogen) atoms. The molecule has 15 heteroatoms. The molecule has 0 spiro atoms. The van der Waals surface area contributed by atoms with Gasteiger partial charge < -0.3 is 28.6 Å². The Morgan fingerprint density at radius 3 is 2.43 bits per heavy atom. The third-order valence-corrected chi connectivity index (χ3v) is 10.8. The summed E-state index contributed by atoms with van der Waals surface area (Å²) in [5.41, 5.74) is 1.75. The number of nitrogens with one attached hydrogen (secondary N) is 1. The Labute approximate surface area is 285 Å². The number of rotatable bonds is 8. The first-order valence-electron chi connectivity index (χ1n) is 15.8. The molecule has 14 nitrogen and oxygen atoms in total. The Balaban J connectivity index is 1.51. The van der Waals surface area contributed by atoms with E-state index in [1.54, 1.807) is 42.6 Å². The lowest BCUT2D eigenvalue weighted by Crippen LogP contribution is -2.66. The first-order chi connectivity index (χ1) is 23.6.